The Hall–Kier alpha value is -1.37. The summed E-state index contributed by atoms with van der Waals surface area (Å²) in [7, 11) is 3.45. The molecule has 16 heavy (non-hydrogen) atoms. The summed E-state index contributed by atoms with van der Waals surface area (Å²) in [6, 6.07) is 3.65. The summed E-state index contributed by atoms with van der Waals surface area (Å²) in [6.07, 6.45) is 1.14. The maximum absolute atomic E-state index is 9.58. The number of nitrogens with two attached hydrogens (primary N) is 1. The lowest BCUT2D eigenvalue weighted by molar-refractivity contribution is 0.0695. The van der Waals surface area contributed by atoms with E-state index in [4.69, 9.17) is 10.6 Å². The van der Waals surface area contributed by atoms with Crippen molar-refractivity contribution in [3.63, 3.8) is 0 Å². The highest BCUT2D eigenvalue weighted by Gasteiger charge is 2.09. The van der Waals surface area contributed by atoms with E-state index in [-0.39, 0.29) is 0 Å². The van der Waals surface area contributed by atoms with E-state index in [9.17, 15) is 5.11 Å². The van der Waals surface area contributed by atoms with Crippen LogP contribution in [0.4, 0.5) is 11.5 Å². The van der Waals surface area contributed by atoms with Gasteiger partial charge in [-0.2, -0.15) is 0 Å². The summed E-state index contributed by atoms with van der Waals surface area (Å²) >= 11 is 0. The van der Waals surface area contributed by atoms with Crippen LogP contribution in [0.5, 0.6) is 0 Å². The molecule has 90 valence electrons. The van der Waals surface area contributed by atoms with Crippen LogP contribution in [0.1, 0.15) is 0 Å². The van der Waals surface area contributed by atoms with E-state index in [0.717, 1.165) is 5.69 Å². The van der Waals surface area contributed by atoms with Crippen molar-refractivity contribution in [3.05, 3.63) is 18.3 Å². The Morgan fingerprint density at radius 2 is 2.44 bits per heavy atom. The molecule has 0 bridgehead atoms. The maximum atomic E-state index is 9.58. The first kappa shape index (κ1) is 12.7. The minimum absolute atomic E-state index is 0.317. The van der Waals surface area contributed by atoms with Crippen molar-refractivity contribution in [2.75, 3.05) is 37.6 Å². The Labute approximate surface area is 95.0 Å². The number of likely N-dealkylation sites (N-methyl/N-ethyl adjacent to an activating group) is 1. The zero-order valence-electron chi connectivity index (χ0n) is 9.55. The third kappa shape index (κ3) is 3.65. The Morgan fingerprint density at radius 1 is 1.69 bits per heavy atom. The number of hydrogen-bond acceptors (Lipinski definition) is 6. The number of hydrazine groups is 1. The summed E-state index contributed by atoms with van der Waals surface area (Å²) in [5, 5.41) is 9.58. The van der Waals surface area contributed by atoms with Gasteiger partial charge in [-0.05, 0) is 6.07 Å². The van der Waals surface area contributed by atoms with Crippen LogP contribution in [0, 0.1) is 0 Å². The largest absolute Gasteiger partial charge is 0.389 e. The molecule has 0 amide bonds. The van der Waals surface area contributed by atoms with Gasteiger partial charge in [0.25, 0.3) is 0 Å². The number of nitrogens with zero attached hydrogens (tertiary/aromatic N) is 2. The zero-order chi connectivity index (χ0) is 12.0. The van der Waals surface area contributed by atoms with Crippen LogP contribution in [0.25, 0.3) is 0 Å². The van der Waals surface area contributed by atoms with Gasteiger partial charge in [0, 0.05) is 38.7 Å². The van der Waals surface area contributed by atoms with Crippen LogP contribution < -0.4 is 16.2 Å². The maximum Gasteiger partial charge on any atom is 0.141 e. The molecule has 0 saturated heterocycles. The highest BCUT2D eigenvalue weighted by molar-refractivity contribution is 5.52. The standard InChI is InChI=1S/C10H18N4O2/c1-14(6-9(15)7-16-2)8-3-4-12-10(5-8)13-11/h3-5,9,15H,6-7,11H2,1-2H3,(H,12,13). The Morgan fingerprint density at radius 3 is 3.06 bits per heavy atom. The molecule has 4 N–H and O–H groups in total. The number of rotatable bonds is 6. The Kier molecular flexibility index (Phi) is 4.97. The number of aliphatic hydroxyl groups is 1. The molecule has 1 aromatic rings. The molecular formula is C10H18N4O2. The van der Waals surface area contributed by atoms with Gasteiger partial charge in [-0.25, -0.2) is 10.8 Å². The highest BCUT2D eigenvalue weighted by atomic mass is 16.5. The summed E-state index contributed by atoms with van der Waals surface area (Å²) in [4.78, 5) is 5.91. The van der Waals surface area contributed by atoms with Gasteiger partial charge in [-0.3, -0.25) is 0 Å². The number of aliphatic hydroxyl groups excluding tert-OH is 1. The molecular weight excluding hydrogens is 208 g/mol. The molecule has 6 nitrogen and oxygen atoms in total. The quantitative estimate of drug-likeness (QED) is 0.460. The molecule has 1 aromatic heterocycles. The first-order chi connectivity index (χ1) is 7.67. The van der Waals surface area contributed by atoms with Crippen molar-refractivity contribution in [2.45, 2.75) is 6.10 Å². The van der Waals surface area contributed by atoms with E-state index in [0.29, 0.717) is 19.0 Å². The molecule has 0 aliphatic carbocycles. The van der Waals surface area contributed by atoms with Crippen LogP contribution in [0.3, 0.4) is 0 Å². The molecule has 1 heterocycles. The average Bonchev–Trinajstić information content (AvgIpc) is 2.29. The van der Waals surface area contributed by atoms with Gasteiger partial charge < -0.3 is 20.2 Å². The minimum atomic E-state index is -0.516. The molecule has 0 saturated carbocycles. The van der Waals surface area contributed by atoms with E-state index < -0.39 is 6.10 Å². The summed E-state index contributed by atoms with van der Waals surface area (Å²) < 4.78 is 4.86. The molecule has 1 rings (SSSR count). The van der Waals surface area contributed by atoms with Crippen molar-refractivity contribution in [3.8, 4) is 0 Å². The first-order valence-corrected chi connectivity index (χ1v) is 4.98. The first-order valence-electron chi connectivity index (χ1n) is 4.98. The highest BCUT2D eigenvalue weighted by Crippen LogP contribution is 2.15. The van der Waals surface area contributed by atoms with Gasteiger partial charge >= 0.3 is 0 Å². The van der Waals surface area contributed by atoms with Gasteiger partial charge in [-0.15, -0.1) is 0 Å². The Bertz CT molecular complexity index is 321. The van der Waals surface area contributed by atoms with Gasteiger partial charge in [0.05, 0.1) is 12.7 Å². The minimum Gasteiger partial charge on any atom is -0.389 e. The number of anilines is 2. The second-order valence-corrected chi connectivity index (χ2v) is 3.53. The molecule has 0 aliphatic rings. The van der Waals surface area contributed by atoms with Gasteiger partial charge in [0.1, 0.15) is 5.82 Å². The number of hydrogen-bond donors (Lipinski definition) is 3. The molecule has 6 heteroatoms. The number of nitrogen functional groups attached to an aromatic ring is 1. The smallest absolute Gasteiger partial charge is 0.141 e. The lowest BCUT2D eigenvalue weighted by Gasteiger charge is -2.22. The number of nitrogens with one attached hydrogen (secondary N) is 1. The van der Waals surface area contributed by atoms with Crippen LogP contribution in [0.15, 0.2) is 18.3 Å². The predicted octanol–water partition coefficient (Wildman–Crippen LogP) is -0.189. The fourth-order valence-corrected chi connectivity index (χ4v) is 1.40. The lowest BCUT2D eigenvalue weighted by atomic mass is 10.3. The fraction of sp³-hybridized carbons (Fsp3) is 0.500. The van der Waals surface area contributed by atoms with Crippen molar-refractivity contribution in [1.82, 2.24) is 4.98 Å². The second kappa shape index (κ2) is 6.26. The molecule has 0 spiro atoms. The summed E-state index contributed by atoms with van der Waals surface area (Å²) in [5.41, 5.74) is 3.40. The van der Waals surface area contributed by atoms with Crippen molar-refractivity contribution >= 4 is 11.5 Å². The van der Waals surface area contributed by atoms with Gasteiger partial charge in [0.2, 0.25) is 0 Å². The average molecular weight is 226 g/mol. The normalized spacial score (nSPS) is 12.2. The topological polar surface area (TPSA) is 83.6 Å². The predicted molar refractivity (Wildman–Crippen MR) is 63.2 cm³/mol. The number of pyridine rings is 1. The molecule has 1 unspecified atom stereocenters. The van der Waals surface area contributed by atoms with Crippen molar-refractivity contribution in [2.24, 2.45) is 5.84 Å². The molecule has 0 aliphatic heterocycles. The molecule has 0 fully saturated rings. The lowest BCUT2D eigenvalue weighted by Crippen LogP contribution is -2.31. The van der Waals surface area contributed by atoms with Crippen molar-refractivity contribution in [1.29, 1.82) is 0 Å². The third-order valence-corrected chi connectivity index (χ3v) is 2.18. The molecule has 0 radical (unpaired) electrons. The van der Waals surface area contributed by atoms with Gasteiger partial charge in [0.15, 0.2) is 0 Å². The monoisotopic (exact) mass is 226 g/mol. The van der Waals surface area contributed by atoms with Crippen LogP contribution in [0.2, 0.25) is 0 Å². The van der Waals surface area contributed by atoms with Crippen LogP contribution in [-0.2, 0) is 4.74 Å². The number of aromatic nitrogens is 1. The van der Waals surface area contributed by atoms with E-state index in [2.05, 4.69) is 10.4 Å². The third-order valence-electron chi connectivity index (χ3n) is 2.18. The van der Waals surface area contributed by atoms with E-state index in [1.54, 1.807) is 19.4 Å². The van der Waals surface area contributed by atoms with E-state index in [1.807, 2.05) is 18.0 Å². The molecule has 0 aromatic carbocycles. The SMILES string of the molecule is COCC(O)CN(C)c1ccnc(NN)c1. The summed E-state index contributed by atoms with van der Waals surface area (Å²) in [6.45, 7) is 0.805. The Balaban J connectivity index is 2.61. The van der Waals surface area contributed by atoms with Crippen LogP contribution >= 0.6 is 0 Å². The fourth-order valence-electron chi connectivity index (χ4n) is 1.40. The van der Waals surface area contributed by atoms with Crippen molar-refractivity contribution < 1.29 is 9.84 Å². The number of ether oxygens (including phenoxy) is 1. The zero-order valence-corrected chi connectivity index (χ0v) is 9.55. The van der Waals surface area contributed by atoms with E-state index in [1.165, 1.54) is 0 Å². The molecule has 1 atom stereocenters. The summed E-state index contributed by atoms with van der Waals surface area (Å²) in [5.74, 6) is 5.86. The second-order valence-electron chi connectivity index (χ2n) is 3.53. The van der Waals surface area contributed by atoms with E-state index >= 15 is 0 Å². The number of methoxy groups -OCH3 is 1. The van der Waals surface area contributed by atoms with Gasteiger partial charge in [-0.1, -0.05) is 0 Å². The van der Waals surface area contributed by atoms with Crippen LogP contribution in [-0.4, -0.2) is 43.5 Å².